The Morgan fingerprint density at radius 3 is 2.32 bits per heavy atom. The highest BCUT2D eigenvalue weighted by atomic mass is 19.1. The van der Waals surface area contributed by atoms with E-state index in [1.807, 2.05) is 30.3 Å². The predicted octanol–water partition coefficient (Wildman–Crippen LogP) is 4.90. The molecule has 41 heavy (non-hydrogen) atoms. The zero-order valence-electron chi connectivity index (χ0n) is 23.2. The monoisotopic (exact) mass is 553 g/mol. The number of aliphatic hydroxyl groups excluding tert-OH is 1. The van der Waals surface area contributed by atoms with Crippen LogP contribution in [0.25, 0.3) is 5.70 Å². The molecule has 2 aromatic carbocycles. The summed E-state index contributed by atoms with van der Waals surface area (Å²) in [5.74, 6) is -0.360. The second kappa shape index (κ2) is 13.1. The minimum atomic E-state index is -0.611. The number of nitrogens with zero attached hydrogens (tertiary/aromatic N) is 4. The summed E-state index contributed by atoms with van der Waals surface area (Å²) in [6.45, 7) is 8.41. The Balaban J connectivity index is 1.06. The van der Waals surface area contributed by atoms with E-state index in [2.05, 4.69) is 32.7 Å². The second-order valence-corrected chi connectivity index (χ2v) is 11.0. The summed E-state index contributed by atoms with van der Waals surface area (Å²) < 4.78 is 13.2. The summed E-state index contributed by atoms with van der Waals surface area (Å²) in [7, 11) is 0. The highest BCUT2D eigenvalue weighted by molar-refractivity contribution is 5.92. The summed E-state index contributed by atoms with van der Waals surface area (Å²) in [6, 6.07) is 19.7. The van der Waals surface area contributed by atoms with Crippen LogP contribution in [-0.2, 0) is 6.54 Å². The van der Waals surface area contributed by atoms with Crippen molar-refractivity contribution in [2.45, 2.75) is 44.4 Å². The predicted molar refractivity (Wildman–Crippen MR) is 156 cm³/mol. The molecule has 3 aromatic rings. The fourth-order valence-electron chi connectivity index (χ4n) is 5.74. The first-order valence-corrected chi connectivity index (χ1v) is 14.3. The number of hydrogen-bond acceptors (Lipinski definition) is 6. The van der Waals surface area contributed by atoms with Crippen LogP contribution in [0.4, 0.5) is 4.39 Å². The van der Waals surface area contributed by atoms with E-state index in [4.69, 9.17) is 5.26 Å². The number of aromatic nitrogens is 1. The van der Waals surface area contributed by atoms with Crippen molar-refractivity contribution in [3.8, 4) is 6.07 Å². The summed E-state index contributed by atoms with van der Waals surface area (Å²) in [4.78, 5) is 21.9. The lowest BCUT2D eigenvalue weighted by Crippen LogP contribution is -2.44. The minimum absolute atomic E-state index is 0.108. The topological polar surface area (TPSA) is 92.5 Å². The van der Waals surface area contributed by atoms with E-state index in [0.717, 1.165) is 75.2 Å². The SMILES string of the molecule is C=C(c1ccc(C(=O)NC2CCN(Cc3ccc(C#N)cc3)CC2)nc1)N1CCC(C(O)c2ccc(F)cc2)CC1. The molecule has 2 saturated heterocycles. The maximum absolute atomic E-state index is 13.2. The zero-order valence-corrected chi connectivity index (χ0v) is 23.2. The van der Waals surface area contributed by atoms with Gasteiger partial charge in [0.15, 0.2) is 0 Å². The lowest BCUT2D eigenvalue weighted by molar-refractivity contribution is 0.0722. The minimum Gasteiger partial charge on any atom is -0.388 e. The quantitative estimate of drug-likeness (QED) is 0.412. The lowest BCUT2D eigenvalue weighted by atomic mass is 9.87. The standard InChI is InChI=1S/C33H36FN5O2/c1-23(39-18-12-27(13-19-39)32(40)26-6-9-29(34)10-7-26)28-8-11-31(36-21-28)33(41)37-30-14-16-38(17-15-30)22-25-4-2-24(20-35)3-5-25/h2-11,21,27,30,32,40H,1,12-19,22H2,(H,37,41). The molecule has 1 aromatic heterocycles. The molecular formula is C33H36FN5O2. The van der Waals surface area contributed by atoms with Crippen LogP contribution in [0.3, 0.4) is 0 Å². The van der Waals surface area contributed by atoms with Crippen LogP contribution in [0.15, 0.2) is 73.4 Å². The molecule has 2 N–H and O–H groups in total. The molecule has 8 heteroatoms. The third kappa shape index (κ3) is 7.18. The van der Waals surface area contributed by atoms with Crippen LogP contribution in [0.1, 0.15) is 64.5 Å². The Hall–Kier alpha value is -4.06. The van der Waals surface area contributed by atoms with Crippen LogP contribution in [0.2, 0.25) is 0 Å². The Kier molecular flexibility index (Phi) is 9.07. The number of benzene rings is 2. The Morgan fingerprint density at radius 2 is 1.71 bits per heavy atom. The van der Waals surface area contributed by atoms with E-state index < -0.39 is 6.10 Å². The average Bonchev–Trinajstić information content (AvgIpc) is 3.02. The molecule has 0 bridgehead atoms. The maximum Gasteiger partial charge on any atom is 0.270 e. The third-order valence-electron chi connectivity index (χ3n) is 8.32. The molecule has 3 heterocycles. The Labute approximate surface area is 240 Å². The zero-order chi connectivity index (χ0) is 28.8. The largest absolute Gasteiger partial charge is 0.388 e. The number of amides is 1. The number of rotatable bonds is 8. The van der Waals surface area contributed by atoms with Gasteiger partial charge >= 0.3 is 0 Å². The number of halogens is 1. The normalized spacial score (nSPS) is 17.5. The number of aliphatic hydroxyl groups is 1. The lowest BCUT2D eigenvalue weighted by Gasteiger charge is -2.36. The number of piperidine rings is 2. The summed E-state index contributed by atoms with van der Waals surface area (Å²) >= 11 is 0. The molecule has 0 radical (unpaired) electrons. The first-order valence-electron chi connectivity index (χ1n) is 14.3. The van der Waals surface area contributed by atoms with Crippen LogP contribution < -0.4 is 5.32 Å². The van der Waals surface area contributed by atoms with Crippen molar-refractivity contribution in [1.29, 1.82) is 5.26 Å². The molecule has 2 aliphatic heterocycles. The smallest absolute Gasteiger partial charge is 0.270 e. The van der Waals surface area contributed by atoms with Gasteiger partial charge in [-0.1, -0.05) is 30.8 Å². The molecule has 1 amide bonds. The highest BCUT2D eigenvalue weighted by Crippen LogP contribution is 2.33. The number of carbonyl (C=O) groups is 1. The fraction of sp³-hybridized carbons (Fsp3) is 0.364. The molecule has 1 unspecified atom stereocenters. The van der Waals surface area contributed by atoms with Gasteiger partial charge in [0.25, 0.3) is 5.91 Å². The first kappa shape index (κ1) is 28.5. The van der Waals surface area contributed by atoms with Crippen molar-refractivity contribution in [3.05, 3.63) is 107 Å². The van der Waals surface area contributed by atoms with Gasteiger partial charge in [-0.3, -0.25) is 14.7 Å². The van der Waals surface area contributed by atoms with Gasteiger partial charge in [0.1, 0.15) is 11.5 Å². The fourth-order valence-corrected chi connectivity index (χ4v) is 5.74. The van der Waals surface area contributed by atoms with Gasteiger partial charge in [0, 0.05) is 56.2 Å². The average molecular weight is 554 g/mol. The maximum atomic E-state index is 13.2. The van der Waals surface area contributed by atoms with Gasteiger partial charge in [-0.15, -0.1) is 0 Å². The van der Waals surface area contributed by atoms with Crippen molar-refractivity contribution in [2.75, 3.05) is 26.2 Å². The van der Waals surface area contributed by atoms with Gasteiger partial charge in [-0.05, 0) is 79.1 Å². The molecule has 1 atom stereocenters. The molecule has 212 valence electrons. The molecule has 0 aliphatic carbocycles. The van der Waals surface area contributed by atoms with E-state index in [9.17, 15) is 14.3 Å². The van der Waals surface area contributed by atoms with Gasteiger partial charge in [-0.2, -0.15) is 5.26 Å². The van der Waals surface area contributed by atoms with Crippen LogP contribution in [0, 0.1) is 23.1 Å². The number of likely N-dealkylation sites (tertiary alicyclic amines) is 2. The molecule has 2 fully saturated rings. The number of nitriles is 1. The van der Waals surface area contributed by atoms with Crippen LogP contribution in [0.5, 0.6) is 0 Å². The number of carbonyl (C=O) groups excluding carboxylic acids is 1. The highest BCUT2D eigenvalue weighted by Gasteiger charge is 2.27. The summed E-state index contributed by atoms with van der Waals surface area (Å²) in [5, 5.41) is 22.8. The number of nitrogens with one attached hydrogen (secondary N) is 1. The molecular weight excluding hydrogens is 517 g/mol. The first-order chi connectivity index (χ1) is 19.9. The number of pyridine rings is 1. The molecule has 2 aliphatic rings. The van der Waals surface area contributed by atoms with E-state index in [1.54, 1.807) is 24.4 Å². The van der Waals surface area contributed by atoms with Gasteiger partial charge in [-0.25, -0.2) is 4.39 Å². The Bertz CT molecular complexity index is 1370. The van der Waals surface area contributed by atoms with Crippen molar-refractivity contribution in [2.24, 2.45) is 5.92 Å². The van der Waals surface area contributed by atoms with Gasteiger partial charge in [0.2, 0.25) is 0 Å². The second-order valence-electron chi connectivity index (χ2n) is 11.0. The van der Waals surface area contributed by atoms with Crippen molar-refractivity contribution < 1.29 is 14.3 Å². The van der Waals surface area contributed by atoms with Crippen molar-refractivity contribution in [3.63, 3.8) is 0 Å². The van der Waals surface area contributed by atoms with Gasteiger partial charge < -0.3 is 15.3 Å². The van der Waals surface area contributed by atoms with Crippen molar-refractivity contribution in [1.82, 2.24) is 20.1 Å². The van der Waals surface area contributed by atoms with E-state index >= 15 is 0 Å². The number of hydrogen-bond donors (Lipinski definition) is 2. The Morgan fingerprint density at radius 1 is 1.02 bits per heavy atom. The van der Waals surface area contributed by atoms with Crippen LogP contribution >= 0.6 is 0 Å². The van der Waals surface area contributed by atoms with E-state index in [-0.39, 0.29) is 23.7 Å². The molecule has 0 spiro atoms. The molecule has 7 nitrogen and oxygen atoms in total. The molecule has 5 rings (SSSR count). The van der Waals surface area contributed by atoms with E-state index in [0.29, 0.717) is 11.3 Å². The van der Waals surface area contributed by atoms with Crippen molar-refractivity contribution >= 4 is 11.6 Å². The summed E-state index contributed by atoms with van der Waals surface area (Å²) in [6.07, 6.45) is 4.46. The van der Waals surface area contributed by atoms with Gasteiger partial charge in [0.05, 0.1) is 17.7 Å². The summed E-state index contributed by atoms with van der Waals surface area (Å²) in [5.41, 5.74) is 4.72. The van der Waals surface area contributed by atoms with E-state index in [1.165, 1.54) is 17.7 Å². The van der Waals surface area contributed by atoms with Crippen LogP contribution in [-0.4, -0.2) is 58.0 Å². The third-order valence-corrected chi connectivity index (χ3v) is 8.32. The molecule has 0 saturated carbocycles.